The third-order valence-electron chi connectivity index (χ3n) is 5.29. The zero-order chi connectivity index (χ0) is 20.1. The van der Waals surface area contributed by atoms with Gasteiger partial charge in [0.1, 0.15) is 5.82 Å². The zero-order valence-electron chi connectivity index (χ0n) is 16.3. The van der Waals surface area contributed by atoms with Gasteiger partial charge in [-0.05, 0) is 43.7 Å². The molecule has 148 valence electrons. The quantitative estimate of drug-likeness (QED) is 0.762. The summed E-state index contributed by atoms with van der Waals surface area (Å²) >= 11 is 0. The predicted octanol–water partition coefficient (Wildman–Crippen LogP) is 3.08. The van der Waals surface area contributed by atoms with Crippen LogP contribution in [0.3, 0.4) is 0 Å². The first-order valence-electron chi connectivity index (χ1n) is 9.66. The molecule has 0 bridgehead atoms. The van der Waals surface area contributed by atoms with Gasteiger partial charge < -0.3 is 14.7 Å². The Labute approximate surface area is 165 Å². The second kappa shape index (κ2) is 8.87. The maximum absolute atomic E-state index is 13.2. The highest BCUT2D eigenvalue weighted by Gasteiger charge is 2.31. The van der Waals surface area contributed by atoms with E-state index in [4.69, 9.17) is 0 Å². The van der Waals surface area contributed by atoms with Crippen LogP contribution in [0, 0.1) is 5.82 Å². The molecule has 1 atom stereocenters. The molecule has 3 rings (SSSR count). The van der Waals surface area contributed by atoms with E-state index < -0.39 is 11.8 Å². The molecule has 1 saturated heterocycles. The lowest BCUT2D eigenvalue weighted by molar-refractivity contribution is -0.153. The van der Waals surface area contributed by atoms with Gasteiger partial charge in [-0.1, -0.05) is 30.3 Å². The summed E-state index contributed by atoms with van der Waals surface area (Å²) in [5.41, 5.74) is 1.93. The highest BCUT2D eigenvalue weighted by Crippen LogP contribution is 2.22. The molecule has 0 spiro atoms. The second-order valence-electron chi connectivity index (χ2n) is 6.93. The summed E-state index contributed by atoms with van der Waals surface area (Å²) < 4.78 is 13.2. The fourth-order valence-electron chi connectivity index (χ4n) is 3.58. The SMILES string of the molecule is CCN(C(=O)C(=O)N1CCN(c2ccccc2)CC1)C(C)c1ccc(F)cc1. The van der Waals surface area contributed by atoms with E-state index in [0.717, 1.165) is 11.3 Å². The lowest BCUT2D eigenvalue weighted by Crippen LogP contribution is -2.53. The first kappa shape index (κ1) is 19.9. The van der Waals surface area contributed by atoms with Crippen LogP contribution in [-0.2, 0) is 9.59 Å². The summed E-state index contributed by atoms with van der Waals surface area (Å²) in [6.07, 6.45) is 0. The summed E-state index contributed by atoms with van der Waals surface area (Å²) in [7, 11) is 0. The summed E-state index contributed by atoms with van der Waals surface area (Å²) in [6, 6.07) is 15.8. The van der Waals surface area contributed by atoms with Crippen LogP contribution in [0.5, 0.6) is 0 Å². The fraction of sp³-hybridized carbons (Fsp3) is 0.364. The van der Waals surface area contributed by atoms with Crippen LogP contribution in [-0.4, -0.2) is 54.3 Å². The minimum atomic E-state index is -0.507. The largest absolute Gasteiger partial charge is 0.368 e. The molecule has 0 saturated carbocycles. The number of anilines is 1. The third kappa shape index (κ3) is 4.32. The molecule has 2 aromatic rings. The molecule has 1 unspecified atom stereocenters. The van der Waals surface area contributed by atoms with Crippen molar-refractivity contribution < 1.29 is 14.0 Å². The Morgan fingerprint density at radius 2 is 1.61 bits per heavy atom. The summed E-state index contributed by atoms with van der Waals surface area (Å²) in [6.45, 7) is 6.54. The molecule has 5 nitrogen and oxygen atoms in total. The van der Waals surface area contributed by atoms with Gasteiger partial charge in [-0.2, -0.15) is 0 Å². The highest BCUT2D eigenvalue weighted by atomic mass is 19.1. The van der Waals surface area contributed by atoms with Crippen LogP contribution in [0.2, 0.25) is 0 Å². The number of hydrogen-bond donors (Lipinski definition) is 0. The third-order valence-corrected chi connectivity index (χ3v) is 5.29. The fourth-order valence-corrected chi connectivity index (χ4v) is 3.58. The Hall–Kier alpha value is -2.89. The van der Waals surface area contributed by atoms with Gasteiger partial charge >= 0.3 is 11.8 Å². The second-order valence-corrected chi connectivity index (χ2v) is 6.93. The lowest BCUT2D eigenvalue weighted by atomic mass is 10.1. The Bertz CT molecular complexity index is 802. The van der Waals surface area contributed by atoms with Crippen LogP contribution in [0.15, 0.2) is 54.6 Å². The molecule has 28 heavy (non-hydrogen) atoms. The number of carbonyl (C=O) groups excluding carboxylic acids is 2. The first-order chi connectivity index (χ1) is 13.5. The van der Waals surface area contributed by atoms with Crippen molar-refractivity contribution in [3.05, 3.63) is 66.0 Å². The molecule has 0 aliphatic carbocycles. The van der Waals surface area contributed by atoms with Crippen LogP contribution in [0.1, 0.15) is 25.5 Å². The number of para-hydroxylation sites is 1. The van der Waals surface area contributed by atoms with Gasteiger partial charge in [0.2, 0.25) is 0 Å². The number of hydrogen-bond acceptors (Lipinski definition) is 3. The molecule has 1 aliphatic rings. The monoisotopic (exact) mass is 383 g/mol. The molecule has 0 aromatic heterocycles. The van der Waals surface area contributed by atoms with Crippen molar-refractivity contribution >= 4 is 17.5 Å². The summed E-state index contributed by atoms with van der Waals surface area (Å²) in [5.74, 6) is -1.30. The maximum Gasteiger partial charge on any atom is 0.312 e. The van der Waals surface area contributed by atoms with Crippen molar-refractivity contribution in [1.29, 1.82) is 0 Å². The molecular weight excluding hydrogens is 357 g/mol. The standard InChI is InChI=1S/C22H26FN3O2/c1-3-26(17(2)18-9-11-19(23)12-10-18)22(28)21(27)25-15-13-24(14-16-25)20-7-5-4-6-8-20/h4-12,17H,3,13-16H2,1-2H3. The van der Waals surface area contributed by atoms with Gasteiger partial charge in [-0.25, -0.2) is 4.39 Å². The predicted molar refractivity (Wildman–Crippen MR) is 107 cm³/mol. The minimum Gasteiger partial charge on any atom is -0.368 e. The molecule has 1 heterocycles. The number of amides is 2. The van der Waals surface area contributed by atoms with Gasteiger partial charge in [0.25, 0.3) is 0 Å². The maximum atomic E-state index is 13.2. The van der Waals surface area contributed by atoms with Crippen molar-refractivity contribution in [2.75, 3.05) is 37.6 Å². The molecule has 2 aromatic carbocycles. The first-order valence-corrected chi connectivity index (χ1v) is 9.66. The van der Waals surface area contributed by atoms with E-state index in [0.29, 0.717) is 32.7 Å². The molecule has 0 radical (unpaired) electrons. The van der Waals surface area contributed by atoms with Crippen LogP contribution >= 0.6 is 0 Å². The van der Waals surface area contributed by atoms with E-state index >= 15 is 0 Å². The van der Waals surface area contributed by atoms with Crippen LogP contribution < -0.4 is 4.90 Å². The molecule has 6 heteroatoms. The van der Waals surface area contributed by atoms with Crippen molar-refractivity contribution in [2.45, 2.75) is 19.9 Å². The number of nitrogens with zero attached hydrogens (tertiary/aromatic N) is 3. The Kier molecular flexibility index (Phi) is 6.29. The molecular formula is C22H26FN3O2. The van der Waals surface area contributed by atoms with E-state index in [1.807, 2.05) is 44.2 Å². The Balaban J connectivity index is 1.63. The highest BCUT2D eigenvalue weighted by molar-refractivity contribution is 6.35. The molecule has 0 N–H and O–H groups in total. The van der Waals surface area contributed by atoms with Crippen molar-refractivity contribution in [3.8, 4) is 0 Å². The number of benzene rings is 2. The lowest BCUT2D eigenvalue weighted by Gasteiger charge is -2.37. The van der Waals surface area contributed by atoms with Gasteiger partial charge in [0, 0.05) is 38.4 Å². The number of piperazine rings is 1. The Morgan fingerprint density at radius 3 is 2.18 bits per heavy atom. The van der Waals surface area contributed by atoms with E-state index in [9.17, 15) is 14.0 Å². The minimum absolute atomic E-state index is 0.298. The van der Waals surface area contributed by atoms with Gasteiger partial charge in [-0.3, -0.25) is 9.59 Å². The molecule has 2 amide bonds. The number of likely N-dealkylation sites (N-methyl/N-ethyl adjacent to an activating group) is 1. The van der Waals surface area contributed by atoms with E-state index in [1.165, 1.54) is 12.1 Å². The average molecular weight is 383 g/mol. The van der Waals surface area contributed by atoms with E-state index in [2.05, 4.69) is 4.90 Å². The normalized spacial score (nSPS) is 15.2. The van der Waals surface area contributed by atoms with E-state index in [-0.39, 0.29) is 11.9 Å². The number of rotatable bonds is 4. The van der Waals surface area contributed by atoms with Crippen LogP contribution in [0.25, 0.3) is 0 Å². The van der Waals surface area contributed by atoms with Crippen molar-refractivity contribution in [3.63, 3.8) is 0 Å². The van der Waals surface area contributed by atoms with Gasteiger partial charge in [0.15, 0.2) is 0 Å². The summed E-state index contributed by atoms with van der Waals surface area (Å²) in [5, 5.41) is 0. The van der Waals surface area contributed by atoms with Crippen LogP contribution in [0.4, 0.5) is 10.1 Å². The smallest absolute Gasteiger partial charge is 0.312 e. The average Bonchev–Trinajstić information content (AvgIpc) is 2.75. The van der Waals surface area contributed by atoms with Crippen molar-refractivity contribution in [1.82, 2.24) is 9.80 Å². The number of carbonyl (C=O) groups is 2. The topological polar surface area (TPSA) is 43.9 Å². The number of halogens is 1. The molecule has 1 aliphatic heterocycles. The van der Waals surface area contributed by atoms with Crippen molar-refractivity contribution in [2.24, 2.45) is 0 Å². The summed E-state index contributed by atoms with van der Waals surface area (Å²) in [4.78, 5) is 31.0. The zero-order valence-corrected chi connectivity index (χ0v) is 16.3. The Morgan fingerprint density at radius 1 is 1.00 bits per heavy atom. The molecule has 1 fully saturated rings. The van der Waals surface area contributed by atoms with E-state index in [1.54, 1.807) is 21.9 Å². The van der Waals surface area contributed by atoms with Gasteiger partial charge in [0.05, 0.1) is 6.04 Å². The van der Waals surface area contributed by atoms with Gasteiger partial charge in [-0.15, -0.1) is 0 Å².